The molecule has 1 rings (SSSR count). The fraction of sp³-hybridized carbons (Fsp3) is 0.833. The first-order chi connectivity index (χ1) is 9.15. The average Bonchev–Trinajstić information content (AvgIpc) is 2.74. The predicted molar refractivity (Wildman–Crippen MR) is 71.7 cm³/mol. The summed E-state index contributed by atoms with van der Waals surface area (Å²) in [6, 6.07) is 0. The number of nitrogens with zero attached hydrogens (tertiary/aromatic N) is 1. The van der Waals surface area contributed by atoms with Crippen LogP contribution in [-0.4, -0.2) is 67.7 Å². The van der Waals surface area contributed by atoms with Crippen LogP contribution in [0.1, 0.15) is 12.8 Å². The normalized spacial score (nSPS) is 19.1. The Morgan fingerprint density at radius 3 is 2.58 bits per heavy atom. The molecule has 19 heavy (non-hydrogen) atoms. The zero-order chi connectivity index (χ0) is 14.1. The van der Waals surface area contributed by atoms with Crippen molar-refractivity contribution >= 4 is 11.9 Å². The summed E-state index contributed by atoms with van der Waals surface area (Å²) in [7, 11) is 0. The van der Waals surface area contributed by atoms with Crippen LogP contribution < -0.4 is 16.4 Å². The van der Waals surface area contributed by atoms with Crippen molar-refractivity contribution in [2.45, 2.75) is 12.8 Å². The van der Waals surface area contributed by atoms with E-state index in [2.05, 4.69) is 10.6 Å². The van der Waals surface area contributed by atoms with E-state index in [1.807, 2.05) is 0 Å². The number of aliphatic carboxylic acids is 1. The number of likely N-dealkylation sites (tertiary alicyclic amines) is 1. The standard InChI is InChI=1S/C12H24N4O3/c13-2-5-14-3-1-4-15-6-7-16-9-10(12(18)19)8-11(16)17/h10,14-15H,1-9,13H2,(H,18,19). The van der Waals surface area contributed by atoms with E-state index in [-0.39, 0.29) is 12.3 Å². The van der Waals surface area contributed by atoms with Crippen LogP contribution in [0.4, 0.5) is 0 Å². The number of amides is 1. The van der Waals surface area contributed by atoms with Crippen molar-refractivity contribution in [3.8, 4) is 0 Å². The maximum atomic E-state index is 11.5. The third kappa shape index (κ3) is 6.00. The first-order valence-corrected chi connectivity index (χ1v) is 6.77. The summed E-state index contributed by atoms with van der Waals surface area (Å²) in [5, 5.41) is 15.3. The Bertz CT molecular complexity index is 299. The van der Waals surface area contributed by atoms with Crippen molar-refractivity contribution < 1.29 is 14.7 Å². The van der Waals surface area contributed by atoms with Gasteiger partial charge in [-0.3, -0.25) is 9.59 Å². The molecule has 1 atom stereocenters. The molecule has 1 heterocycles. The van der Waals surface area contributed by atoms with Gasteiger partial charge in [-0.05, 0) is 19.5 Å². The lowest BCUT2D eigenvalue weighted by Gasteiger charge is -2.16. The van der Waals surface area contributed by atoms with E-state index in [1.54, 1.807) is 4.90 Å². The predicted octanol–water partition coefficient (Wildman–Crippen LogP) is -1.55. The van der Waals surface area contributed by atoms with Gasteiger partial charge in [0, 0.05) is 39.1 Å². The molecule has 1 aliphatic rings. The number of carbonyl (C=O) groups excluding carboxylic acids is 1. The fourth-order valence-electron chi connectivity index (χ4n) is 2.06. The van der Waals surface area contributed by atoms with Gasteiger partial charge < -0.3 is 26.4 Å². The summed E-state index contributed by atoms with van der Waals surface area (Å²) in [4.78, 5) is 23.9. The van der Waals surface area contributed by atoms with Crippen LogP contribution in [0.15, 0.2) is 0 Å². The van der Waals surface area contributed by atoms with Gasteiger partial charge in [0.1, 0.15) is 0 Å². The molecule has 0 aromatic carbocycles. The highest BCUT2D eigenvalue weighted by Gasteiger charge is 2.33. The van der Waals surface area contributed by atoms with Gasteiger partial charge in [-0.25, -0.2) is 0 Å². The van der Waals surface area contributed by atoms with Gasteiger partial charge in [0.25, 0.3) is 0 Å². The Morgan fingerprint density at radius 1 is 1.32 bits per heavy atom. The Hall–Kier alpha value is -1.18. The Labute approximate surface area is 113 Å². The van der Waals surface area contributed by atoms with Gasteiger partial charge in [-0.15, -0.1) is 0 Å². The quantitative estimate of drug-likeness (QED) is 0.359. The van der Waals surface area contributed by atoms with Crippen LogP contribution in [0.2, 0.25) is 0 Å². The second-order valence-corrected chi connectivity index (χ2v) is 4.72. The summed E-state index contributed by atoms with van der Waals surface area (Å²) < 4.78 is 0. The van der Waals surface area contributed by atoms with Crippen molar-refractivity contribution in [2.75, 3.05) is 45.8 Å². The molecule has 1 aliphatic heterocycles. The SMILES string of the molecule is NCCNCCCNCCN1CC(C(=O)O)CC1=O. The van der Waals surface area contributed by atoms with E-state index in [9.17, 15) is 9.59 Å². The van der Waals surface area contributed by atoms with E-state index in [4.69, 9.17) is 10.8 Å². The summed E-state index contributed by atoms with van der Waals surface area (Å²) in [6.07, 6.45) is 1.14. The number of nitrogens with one attached hydrogen (secondary N) is 2. The Balaban J connectivity index is 2.01. The highest BCUT2D eigenvalue weighted by atomic mass is 16.4. The summed E-state index contributed by atoms with van der Waals surface area (Å²) in [5.74, 6) is -1.47. The maximum absolute atomic E-state index is 11.5. The molecule has 0 spiro atoms. The number of hydrogen-bond donors (Lipinski definition) is 4. The smallest absolute Gasteiger partial charge is 0.308 e. The van der Waals surface area contributed by atoms with E-state index in [0.29, 0.717) is 26.2 Å². The molecule has 1 unspecified atom stereocenters. The number of hydrogen-bond acceptors (Lipinski definition) is 5. The van der Waals surface area contributed by atoms with Crippen molar-refractivity contribution in [3.05, 3.63) is 0 Å². The lowest BCUT2D eigenvalue weighted by atomic mass is 10.1. The van der Waals surface area contributed by atoms with Crippen LogP contribution in [0.3, 0.4) is 0 Å². The third-order valence-electron chi connectivity index (χ3n) is 3.15. The zero-order valence-electron chi connectivity index (χ0n) is 11.2. The lowest BCUT2D eigenvalue weighted by Crippen LogP contribution is -2.34. The summed E-state index contributed by atoms with van der Waals surface area (Å²) >= 11 is 0. The Morgan fingerprint density at radius 2 is 2.00 bits per heavy atom. The monoisotopic (exact) mass is 272 g/mol. The van der Waals surface area contributed by atoms with Crippen LogP contribution in [0.5, 0.6) is 0 Å². The molecule has 0 aliphatic carbocycles. The van der Waals surface area contributed by atoms with Gasteiger partial charge in [-0.1, -0.05) is 0 Å². The molecule has 0 aromatic rings. The lowest BCUT2D eigenvalue weighted by molar-refractivity contribution is -0.141. The molecule has 1 saturated heterocycles. The minimum atomic E-state index is -0.880. The van der Waals surface area contributed by atoms with E-state index in [1.165, 1.54) is 0 Å². The summed E-state index contributed by atoms with van der Waals surface area (Å²) in [6.45, 7) is 4.91. The average molecular weight is 272 g/mol. The number of rotatable bonds is 10. The van der Waals surface area contributed by atoms with Gasteiger partial charge >= 0.3 is 5.97 Å². The largest absolute Gasteiger partial charge is 0.481 e. The van der Waals surface area contributed by atoms with Gasteiger partial charge in [0.05, 0.1) is 5.92 Å². The van der Waals surface area contributed by atoms with Crippen LogP contribution in [0, 0.1) is 5.92 Å². The molecule has 7 nitrogen and oxygen atoms in total. The minimum Gasteiger partial charge on any atom is -0.481 e. The Kier molecular flexibility index (Phi) is 7.39. The van der Waals surface area contributed by atoms with Crippen LogP contribution in [-0.2, 0) is 9.59 Å². The van der Waals surface area contributed by atoms with Crippen molar-refractivity contribution in [3.63, 3.8) is 0 Å². The first kappa shape index (κ1) is 15.9. The van der Waals surface area contributed by atoms with E-state index in [0.717, 1.165) is 26.1 Å². The van der Waals surface area contributed by atoms with E-state index >= 15 is 0 Å². The molecular formula is C12H24N4O3. The molecular weight excluding hydrogens is 248 g/mol. The van der Waals surface area contributed by atoms with Crippen molar-refractivity contribution in [1.29, 1.82) is 0 Å². The maximum Gasteiger partial charge on any atom is 0.308 e. The van der Waals surface area contributed by atoms with Gasteiger partial charge in [0.2, 0.25) is 5.91 Å². The third-order valence-corrected chi connectivity index (χ3v) is 3.15. The number of carbonyl (C=O) groups is 2. The number of carboxylic acid groups (broad SMARTS) is 1. The second-order valence-electron chi connectivity index (χ2n) is 4.72. The molecule has 0 radical (unpaired) electrons. The number of nitrogens with two attached hydrogens (primary N) is 1. The van der Waals surface area contributed by atoms with Crippen LogP contribution >= 0.6 is 0 Å². The molecule has 1 amide bonds. The van der Waals surface area contributed by atoms with Crippen molar-refractivity contribution in [1.82, 2.24) is 15.5 Å². The van der Waals surface area contributed by atoms with E-state index < -0.39 is 11.9 Å². The fourth-order valence-corrected chi connectivity index (χ4v) is 2.06. The first-order valence-electron chi connectivity index (χ1n) is 6.77. The molecule has 0 saturated carbocycles. The van der Waals surface area contributed by atoms with Crippen LogP contribution in [0.25, 0.3) is 0 Å². The molecule has 0 bridgehead atoms. The highest BCUT2D eigenvalue weighted by molar-refractivity contribution is 5.86. The molecule has 110 valence electrons. The molecule has 1 fully saturated rings. The molecule has 7 heteroatoms. The zero-order valence-corrected chi connectivity index (χ0v) is 11.2. The topological polar surface area (TPSA) is 108 Å². The molecule has 0 aromatic heterocycles. The van der Waals surface area contributed by atoms with Crippen molar-refractivity contribution in [2.24, 2.45) is 11.7 Å². The second kappa shape index (κ2) is 8.84. The molecule has 5 N–H and O–H groups in total. The summed E-state index contributed by atoms with van der Waals surface area (Å²) in [5.41, 5.74) is 5.35. The van der Waals surface area contributed by atoms with Gasteiger partial charge in [-0.2, -0.15) is 0 Å². The number of carboxylic acids is 1. The minimum absolute atomic E-state index is 0.0567. The highest BCUT2D eigenvalue weighted by Crippen LogP contribution is 2.16. The van der Waals surface area contributed by atoms with Gasteiger partial charge in [0.15, 0.2) is 0 Å².